The van der Waals surface area contributed by atoms with Gasteiger partial charge in [0.25, 0.3) is 5.91 Å². The van der Waals surface area contributed by atoms with Crippen LogP contribution in [-0.4, -0.2) is 50.1 Å². The van der Waals surface area contributed by atoms with Gasteiger partial charge < -0.3 is 15.4 Å². The monoisotopic (exact) mass is 429 g/mol. The second-order valence-electron chi connectivity index (χ2n) is 7.84. The predicted octanol–water partition coefficient (Wildman–Crippen LogP) is 2.81. The molecule has 0 unspecified atom stereocenters. The smallest absolute Gasteiger partial charge is 0.258 e. The number of carbonyl (C=O) groups excluding carboxylic acids is 1. The summed E-state index contributed by atoms with van der Waals surface area (Å²) in [6.07, 6.45) is 8.91. The van der Waals surface area contributed by atoms with Crippen molar-refractivity contribution in [2.45, 2.75) is 18.9 Å². The van der Waals surface area contributed by atoms with Gasteiger partial charge in [0.15, 0.2) is 5.82 Å². The molecule has 9 nitrogen and oxygen atoms in total. The summed E-state index contributed by atoms with van der Waals surface area (Å²) >= 11 is 0. The molecule has 3 aromatic heterocycles. The average molecular weight is 429 g/mol. The van der Waals surface area contributed by atoms with Gasteiger partial charge in [0, 0.05) is 30.4 Å². The van der Waals surface area contributed by atoms with E-state index in [0.717, 1.165) is 48.0 Å². The summed E-state index contributed by atoms with van der Waals surface area (Å²) in [6.45, 7) is 1.86. The number of fused-ring (bicyclic) bond motifs is 1. The number of pyridine rings is 1. The number of anilines is 1. The van der Waals surface area contributed by atoms with E-state index in [1.807, 2.05) is 43.7 Å². The lowest BCUT2D eigenvalue weighted by molar-refractivity contribution is 0.102. The lowest BCUT2D eigenvalue weighted by Gasteiger charge is -2.23. The second-order valence-corrected chi connectivity index (χ2v) is 7.84. The van der Waals surface area contributed by atoms with Crippen LogP contribution in [0.15, 0.2) is 55.1 Å². The Bertz CT molecular complexity index is 1260. The van der Waals surface area contributed by atoms with E-state index in [2.05, 4.69) is 30.9 Å². The zero-order valence-corrected chi connectivity index (χ0v) is 17.7. The number of aryl methyl sites for hydroxylation is 1. The van der Waals surface area contributed by atoms with Gasteiger partial charge in [-0.25, -0.2) is 0 Å². The zero-order chi connectivity index (χ0) is 21.9. The first-order valence-corrected chi connectivity index (χ1v) is 10.5. The van der Waals surface area contributed by atoms with Crippen LogP contribution >= 0.6 is 0 Å². The number of piperidine rings is 1. The Morgan fingerprint density at radius 3 is 2.78 bits per heavy atom. The average Bonchev–Trinajstić information content (AvgIpc) is 3.26. The van der Waals surface area contributed by atoms with Gasteiger partial charge in [0.1, 0.15) is 11.9 Å². The van der Waals surface area contributed by atoms with Gasteiger partial charge in [-0.2, -0.15) is 5.10 Å². The van der Waals surface area contributed by atoms with E-state index in [0.29, 0.717) is 17.1 Å². The van der Waals surface area contributed by atoms with Crippen molar-refractivity contribution in [3.05, 3.63) is 60.7 Å². The Morgan fingerprint density at radius 2 is 1.97 bits per heavy atom. The number of carbonyl (C=O) groups is 1. The van der Waals surface area contributed by atoms with Gasteiger partial charge in [0.05, 0.1) is 23.5 Å². The molecule has 1 amide bonds. The maximum absolute atomic E-state index is 12.8. The van der Waals surface area contributed by atoms with E-state index < -0.39 is 0 Å². The summed E-state index contributed by atoms with van der Waals surface area (Å²) in [4.78, 5) is 17.0. The van der Waals surface area contributed by atoms with Crippen LogP contribution in [0, 0.1) is 0 Å². The molecule has 5 rings (SSSR count). The minimum atomic E-state index is -0.315. The van der Waals surface area contributed by atoms with E-state index >= 15 is 0 Å². The largest absolute Gasteiger partial charge is 0.489 e. The first-order chi connectivity index (χ1) is 15.6. The van der Waals surface area contributed by atoms with Gasteiger partial charge in [-0.1, -0.05) is 6.07 Å². The molecule has 0 atom stereocenters. The Kier molecular flexibility index (Phi) is 5.47. The third-order valence-electron chi connectivity index (χ3n) is 5.43. The van der Waals surface area contributed by atoms with Crippen LogP contribution in [0.2, 0.25) is 0 Å². The number of benzene rings is 1. The van der Waals surface area contributed by atoms with Gasteiger partial charge in [-0.05, 0) is 55.8 Å². The summed E-state index contributed by atoms with van der Waals surface area (Å²) in [5.41, 5.74) is 3.17. The summed E-state index contributed by atoms with van der Waals surface area (Å²) in [5.74, 6) is 0.649. The predicted molar refractivity (Wildman–Crippen MR) is 120 cm³/mol. The SMILES string of the molecule is Cn1cc(-c2ccc3nnc(NC(=O)c4cncc(OC5CCNCC5)c4)cc3c2)cn1. The molecule has 4 aromatic rings. The van der Waals surface area contributed by atoms with Crippen molar-refractivity contribution in [3.63, 3.8) is 0 Å². The highest BCUT2D eigenvalue weighted by molar-refractivity contribution is 6.04. The minimum Gasteiger partial charge on any atom is -0.489 e. The van der Waals surface area contributed by atoms with Crippen molar-refractivity contribution >= 4 is 22.6 Å². The molecule has 1 fully saturated rings. The molecular weight excluding hydrogens is 406 g/mol. The summed E-state index contributed by atoms with van der Waals surface area (Å²) < 4.78 is 7.75. The Labute approximate surface area is 184 Å². The number of hydrogen-bond donors (Lipinski definition) is 2. The van der Waals surface area contributed by atoms with Crippen molar-refractivity contribution < 1.29 is 9.53 Å². The Balaban J connectivity index is 1.33. The lowest BCUT2D eigenvalue weighted by atomic mass is 10.1. The number of ether oxygens (including phenoxy) is 1. The first-order valence-electron chi connectivity index (χ1n) is 10.5. The fourth-order valence-electron chi connectivity index (χ4n) is 3.76. The fourth-order valence-corrected chi connectivity index (χ4v) is 3.76. The number of nitrogens with zero attached hydrogens (tertiary/aromatic N) is 5. The van der Waals surface area contributed by atoms with Crippen molar-refractivity contribution in [1.82, 2.24) is 30.3 Å². The topological polar surface area (TPSA) is 107 Å². The highest BCUT2D eigenvalue weighted by atomic mass is 16.5. The number of amides is 1. The van der Waals surface area contributed by atoms with Crippen LogP contribution in [0.3, 0.4) is 0 Å². The van der Waals surface area contributed by atoms with E-state index in [1.54, 1.807) is 16.9 Å². The molecule has 162 valence electrons. The summed E-state index contributed by atoms with van der Waals surface area (Å²) in [5, 5.41) is 19.6. The Morgan fingerprint density at radius 1 is 1.09 bits per heavy atom. The third kappa shape index (κ3) is 4.42. The quantitative estimate of drug-likeness (QED) is 0.502. The highest BCUT2D eigenvalue weighted by Crippen LogP contribution is 2.24. The van der Waals surface area contributed by atoms with Crippen LogP contribution in [0.25, 0.3) is 22.0 Å². The molecule has 0 spiro atoms. The number of aromatic nitrogens is 5. The van der Waals surface area contributed by atoms with E-state index in [-0.39, 0.29) is 12.0 Å². The number of hydrogen-bond acceptors (Lipinski definition) is 7. The van der Waals surface area contributed by atoms with Crippen LogP contribution < -0.4 is 15.4 Å². The molecular formula is C23H23N7O2. The maximum Gasteiger partial charge on any atom is 0.258 e. The van der Waals surface area contributed by atoms with E-state index in [9.17, 15) is 4.79 Å². The van der Waals surface area contributed by atoms with Crippen molar-refractivity contribution in [1.29, 1.82) is 0 Å². The lowest BCUT2D eigenvalue weighted by Crippen LogP contribution is -2.34. The zero-order valence-electron chi connectivity index (χ0n) is 17.7. The van der Waals surface area contributed by atoms with E-state index in [4.69, 9.17) is 4.74 Å². The minimum absolute atomic E-state index is 0.136. The normalized spacial score (nSPS) is 14.4. The fraction of sp³-hybridized carbons (Fsp3) is 0.261. The van der Waals surface area contributed by atoms with Crippen LogP contribution in [0.4, 0.5) is 5.82 Å². The summed E-state index contributed by atoms with van der Waals surface area (Å²) in [7, 11) is 1.88. The van der Waals surface area contributed by atoms with Gasteiger partial charge in [-0.15, -0.1) is 10.2 Å². The molecule has 0 radical (unpaired) electrons. The first kappa shape index (κ1) is 20.1. The highest BCUT2D eigenvalue weighted by Gasteiger charge is 2.16. The maximum atomic E-state index is 12.8. The molecule has 9 heteroatoms. The molecule has 2 N–H and O–H groups in total. The van der Waals surface area contributed by atoms with Crippen molar-refractivity contribution in [3.8, 4) is 16.9 Å². The number of rotatable bonds is 5. The van der Waals surface area contributed by atoms with Gasteiger partial charge in [-0.3, -0.25) is 14.5 Å². The van der Waals surface area contributed by atoms with Gasteiger partial charge in [0.2, 0.25) is 0 Å². The number of nitrogens with one attached hydrogen (secondary N) is 2. The molecule has 4 heterocycles. The van der Waals surface area contributed by atoms with E-state index in [1.165, 1.54) is 6.20 Å². The molecule has 1 aromatic carbocycles. The molecule has 0 aliphatic carbocycles. The van der Waals surface area contributed by atoms with Crippen LogP contribution in [0.5, 0.6) is 5.75 Å². The molecule has 1 aliphatic rings. The molecule has 0 saturated carbocycles. The third-order valence-corrected chi connectivity index (χ3v) is 5.43. The molecule has 32 heavy (non-hydrogen) atoms. The molecule has 1 aliphatic heterocycles. The van der Waals surface area contributed by atoms with Crippen LogP contribution in [0.1, 0.15) is 23.2 Å². The van der Waals surface area contributed by atoms with Crippen molar-refractivity contribution in [2.75, 3.05) is 18.4 Å². The van der Waals surface area contributed by atoms with Crippen LogP contribution in [-0.2, 0) is 7.05 Å². The summed E-state index contributed by atoms with van der Waals surface area (Å²) in [6, 6.07) is 9.40. The standard InChI is InChI=1S/C23H23N7O2/c1-30-14-18(12-26-30)15-2-3-21-16(8-15)10-22(29-28-21)27-23(31)17-9-20(13-25-11-17)32-19-4-6-24-7-5-19/h2-3,8-14,19,24H,4-7H2,1H3,(H,27,29,31). The molecule has 0 bridgehead atoms. The Hall–Kier alpha value is -3.85. The second kappa shape index (κ2) is 8.72. The molecule has 1 saturated heterocycles. The van der Waals surface area contributed by atoms with Gasteiger partial charge >= 0.3 is 0 Å². The van der Waals surface area contributed by atoms with Crippen molar-refractivity contribution in [2.24, 2.45) is 7.05 Å².